The van der Waals surface area contributed by atoms with E-state index in [9.17, 15) is 0 Å². The normalized spacial score (nSPS) is 11.1. The Morgan fingerprint density at radius 1 is 1.21 bits per heavy atom. The molecule has 3 heteroatoms. The van der Waals surface area contributed by atoms with Crippen molar-refractivity contribution in [3.05, 3.63) is 40.9 Å². The maximum Gasteiger partial charge on any atom is 0.144 e. The minimum atomic E-state index is -1.28. The number of halogens is 1. The fraction of sp³-hybridized carbons (Fsp3) is 0.273. The van der Waals surface area contributed by atoms with E-state index in [0.29, 0.717) is 0 Å². The third-order valence-electron chi connectivity index (χ3n) is 1.72. The average Bonchev–Trinajstić information content (AvgIpc) is 2.02. The maximum absolute atomic E-state index is 4.05. The van der Waals surface area contributed by atoms with Crippen LogP contribution in [0.3, 0.4) is 0 Å². The zero-order valence-electron chi connectivity index (χ0n) is 8.89. The molecule has 1 N–H and O–H groups in total. The molecule has 0 spiro atoms. The Bertz CT molecular complexity index is 324. The number of nitrogens with one attached hydrogen (secondary N) is 1. The summed E-state index contributed by atoms with van der Waals surface area (Å²) in [7, 11) is -1.28. The van der Waals surface area contributed by atoms with Crippen LogP contribution in [0, 0.1) is 0 Å². The quantitative estimate of drug-likeness (QED) is 0.823. The average molecular weight is 270 g/mol. The van der Waals surface area contributed by atoms with Gasteiger partial charge in [-0.25, -0.2) is 0 Å². The molecule has 0 aliphatic heterocycles. The number of benzene rings is 1. The van der Waals surface area contributed by atoms with Crippen LogP contribution in [0.1, 0.15) is 5.56 Å². The van der Waals surface area contributed by atoms with E-state index in [-0.39, 0.29) is 0 Å². The molecule has 0 saturated carbocycles. The molecule has 1 aromatic carbocycles. The zero-order chi connectivity index (χ0) is 10.8. The van der Waals surface area contributed by atoms with Crippen LogP contribution in [0.5, 0.6) is 0 Å². The molecular formula is C11H16BrNSi. The number of hydrogen-bond donors (Lipinski definition) is 1. The molecule has 0 aliphatic carbocycles. The molecular weight excluding hydrogens is 254 g/mol. The van der Waals surface area contributed by atoms with E-state index in [1.165, 1.54) is 0 Å². The van der Waals surface area contributed by atoms with Crippen molar-refractivity contribution in [2.45, 2.75) is 19.6 Å². The number of rotatable bonds is 3. The highest BCUT2D eigenvalue weighted by Crippen LogP contribution is 2.16. The molecule has 76 valence electrons. The Kier molecular flexibility index (Phi) is 3.56. The standard InChI is InChI=1S/C11H16BrNSi/c1-9(13-14(2,3)4)10-5-7-11(12)8-6-10/h5-8,13H,1H2,2-4H3. The second kappa shape index (κ2) is 4.32. The van der Waals surface area contributed by atoms with E-state index < -0.39 is 8.24 Å². The van der Waals surface area contributed by atoms with E-state index in [2.05, 4.69) is 59.3 Å². The Morgan fingerprint density at radius 2 is 1.71 bits per heavy atom. The van der Waals surface area contributed by atoms with Gasteiger partial charge in [-0.2, -0.15) is 0 Å². The molecule has 0 atom stereocenters. The fourth-order valence-electron chi connectivity index (χ4n) is 1.18. The van der Waals surface area contributed by atoms with Gasteiger partial charge in [0.2, 0.25) is 0 Å². The largest absolute Gasteiger partial charge is 0.411 e. The van der Waals surface area contributed by atoms with Gasteiger partial charge < -0.3 is 4.98 Å². The van der Waals surface area contributed by atoms with Gasteiger partial charge in [-0.05, 0) is 17.7 Å². The maximum atomic E-state index is 4.05. The first-order valence-corrected chi connectivity index (χ1v) is 8.91. The molecule has 1 nitrogen and oxygen atoms in total. The summed E-state index contributed by atoms with van der Waals surface area (Å²) in [5.41, 5.74) is 2.19. The lowest BCUT2D eigenvalue weighted by Gasteiger charge is -2.21. The van der Waals surface area contributed by atoms with Gasteiger partial charge in [0.25, 0.3) is 0 Å². The third-order valence-corrected chi connectivity index (χ3v) is 3.30. The van der Waals surface area contributed by atoms with Crippen molar-refractivity contribution in [1.29, 1.82) is 0 Å². The zero-order valence-corrected chi connectivity index (χ0v) is 11.5. The summed E-state index contributed by atoms with van der Waals surface area (Å²) < 4.78 is 1.10. The molecule has 0 aromatic heterocycles. The summed E-state index contributed by atoms with van der Waals surface area (Å²) in [4.78, 5) is 3.48. The van der Waals surface area contributed by atoms with Crippen LogP contribution in [0.2, 0.25) is 19.6 Å². The topological polar surface area (TPSA) is 12.0 Å². The molecule has 0 unspecified atom stereocenters. The van der Waals surface area contributed by atoms with Gasteiger partial charge in [0.1, 0.15) is 8.24 Å². The SMILES string of the molecule is C=C(N[Si](C)(C)C)c1ccc(Br)cc1. The lowest BCUT2D eigenvalue weighted by Crippen LogP contribution is -2.39. The summed E-state index contributed by atoms with van der Waals surface area (Å²) in [6.07, 6.45) is 0. The smallest absolute Gasteiger partial charge is 0.144 e. The molecule has 1 aromatic rings. The predicted molar refractivity (Wildman–Crippen MR) is 69.7 cm³/mol. The Balaban J connectivity index is 2.76. The Morgan fingerprint density at radius 3 is 2.14 bits per heavy atom. The van der Waals surface area contributed by atoms with E-state index in [1.54, 1.807) is 0 Å². The van der Waals surface area contributed by atoms with Crippen LogP contribution in [-0.4, -0.2) is 8.24 Å². The minimum Gasteiger partial charge on any atom is -0.411 e. The van der Waals surface area contributed by atoms with Crippen LogP contribution in [0.4, 0.5) is 0 Å². The van der Waals surface area contributed by atoms with Crippen LogP contribution in [-0.2, 0) is 0 Å². The molecule has 0 heterocycles. The lowest BCUT2D eigenvalue weighted by atomic mass is 10.2. The first kappa shape index (κ1) is 11.5. The molecule has 0 bridgehead atoms. The van der Waals surface area contributed by atoms with E-state index in [0.717, 1.165) is 15.7 Å². The summed E-state index contributed by atoms with van der Waals surface area (Å²) >= 11 is 3.41. The van der Waals surface area contributed by atoms with Crippen molar-refractivity contribution >= 4 is 29.9 Å². The molecule has 14 heavy (non-hydrogen) atoms. The van der Waals surface area contributed by atoms with Gasteiger partial charge in [-0.1, -0.05) is 54.3 Å². The third kappa shape index (κ3) is 3.68. The van der Waals surface area contributed by atoms with E-state index in [4.69, 9.17) is 0 Å². The first-order chi connectivity index (χ1) is 6.38. The second-order valence-electron chi connectivity index (χ2n) is 4.36. The van der Waals surface area contributed by atoms with Gasteiger partial charge in [0, 0.05) is 10.2 Å². The second-order valence-corrected chi connectivity index (χ2v) is 10.0. The highest BCUT2D eigenvalue weighted by Gasteiger charge is 2.13. The molecule has 0 fully saturated rings. The van der Waals surface area contributed by atoms with Gasteiger partial charge in [0.15, 0.2) is 0 Å². The van der Waals surface area contributed by atoms with Crippen molar-refractivity contribution in [1.82, 2.24) is 4.98 Å². The van der Waals surface area contributed by atoms with Crippen molar-refractivity contribution in [3.8, 4) is 0 Å². The van der Waals surface area contributed by atoms with E-state index in [1.807, 2.05) is 12.1 Å². The lowest BCUT2D eigenvalue weighted by molar-refractivity contribution is 1.27. The Hall–Kier alpha value is -0.543. The molecule has 0 radical (unpaired) electrons. The van der Waals surface area contributed by atoms with Gasteiger partial charge in [0.05, 0.1) is 0 Å². The van der Waals surface area contributed by atoms with Crippen molar-refractivity contribution in [2.75, 3.05) is 0 Å². The van der Waals surface area contributed by atoms with Crippen molar-refractivity contribution in [3.63, 3.8) is 0 Å². The summed E-state index contributed by atoms with van der Waals surface area (Å²) in [6.45, 7) is 10.8. The Labute approximate surface area is 95.4 Å². The highest BCUT2D eigenvalue weighted by atomic mass is 79.9. The summed E-state index contributed by atoms with van der Waals surface area (Å²) in [6, 6.07) is 8.21. The first-order valence-electron chi connectivity index (χ1n) is 4.61. The fourth-order valence-corrected chi connectivity index (χ4v) is 2.49. The molecule has 0 saturated heterocycles. The van der Waals surface area contributed by atoms with Crippen LogP contribution in [0.15, 0.2) is 35.3 Å². The summed E-state index contributed by atoms with van der Waals surface area (Å²) in [5.74, 6) is 0. The van der Waals surface area contributed by atoms with Gasteiger partial charge in [-0.15, -0.1) is 0 Å². The molecule has 0 aliphatic rings. The minimum absolute atomic E-state index is 1.02. The predicted octanol–water partition coefficient (Wildman–Crippen LogP) is 3.84. The monoisotopic (exact) mass is 269 g/mol. The van der Waals surface area contributed by atoms with Crippen molar-refractivity contribution in [2.24, 2.45) is 0 Å². The van der Waals surface area contributed by atoms with Crippen LogP contribution in [0.25, 0.3) is 5.70 Å². The van der Waals surface area contributed by atoms with Gasteiger partial charge in [-0.3, -0.25) is 0 Å². The van der Waals surface area contributed by atoms with Crippen LogP contribution >= 0.6 is 15.9 Å². The molecule has 0 amide bonds. The summed E-state index contributed by atoms with van der Waals surface area (Å²) in [5, 5.41) is 0. The highest BCUT2D eigenvalue weighted by molar-refractivity contribution is 9.10. The van der Waals surface area contributed by atoms with E-state index >= 15 is 0 Å². The van der Waals surface area contributed by atoms with Gasteiger partial charge >= 0.3 is 0 Å². The number of hydrogen-bond acceptors (Lipinski definition) is 1. The van der Waals surface area contributed by atoms with Crippen LogP contribution < -0.4 is 4.98 Å². The van der Waals surface area contributed by atoms with Crippen molar-refractivity contribution < 1.29 is 0 Å². The molecule has 1 rings (SSSR count).